The van der Waals surface area contributed by atoms with E-state index in [0.717, 1.165) is 35.2 Å². The molecule has 1 saturated heterocycles. The van der Waals surface area contributed by atoms with Gasteiger partial charge in [-0.3, -0.25) is 9.69 Å². The van der Waals surface area contributed by atoms with E-state index in [1.165, 1.54) is 11.3 Å². The Morgan fingerprint density at radius 1 is 1.48 bits per heavy atom. The molecule has 1 atom stereocenters. The lowest BCUT2D eigenvalue weighted by molar-refractivity contribution is 0.0539. The Bertz CT molecular complexity index is 609. The lowest BCUT2D eigenvalue weighted by Crippen LogP contribution is -2.49. The van der Waals surface area contributed by atoms with Crippen LogP contribution in [0.15, 0.2) is 18.6 Å². The van der Waals surface area contributed by atoms with Crippen molar-refractivity contribution in [2.24, 2.45) is 0 Å². The fourth-order valence-electron chi connectivity index (χ4n) is 2.54. The van der Waals surface area contributed by atoms with Gasteiger partial charge in [0.05, 0.1) is 17.2 Å². The average molecular weight is 305 g/mol. The van der Waals surface area contributed by atoms with Gasteiger partial charge < -0.3 is 9.88 Å². The zero-order valence-corrected chi connectivity index (χ0v) is 13.1. The molecule has 2 aromatic heterocycles. The van der Waals surface area contributed by atoms with Crippen LogP contribution in [-0.4, -0.2) is 57.3 Å². The average Bonchev–Trinajstić information content (AvgIpc) is 3.18. The molecule has 1 aliphatic heterocycles. The van der Waals surface area contributed by atoms with Crippen molar-refractivity contribution < 1.29 is 4.79 Å². The Labute approximate surface area is 127 Å². The van der Waals surface area contributed by atoms with Crippen molar-refractivity contribution in [1.29, 1.82) is 0 Å². The number of amides is 1. The molecule has 3 rings (SSSR count). The Kier molecular flexibility index (Phi) is 4.03. The minimum Gasteiger partial charge on any atom is -0.347 e. The van der Waals surface area contributed by atoms with Crippen molar-refractivity contribution in [3.05, 3.63) is 34.3 Å². The molecule has 2 aromatic rings. The summed E-state index contributed by atoms with van der Waals surface area (Å²) in [6.07, 6.45) is 6.14. The maximum absolute atomic E-state index is 12.6. The molecule has 112 valence electrons. The van der Waals surface area contributed by atoms with Gasteiger partial charge >= 0.3 is 0 Å². The molecule has 0 aliphatic carbocycles. The van der Waals surface area contributed by atoms with Crippen LogP contribution >= 0.6 is 11.3 Å². The second-order valence-electron chi connectivity index (χ2n) is 5.19. The fraction of sp³-hybridized carbons (Fsp3) is 0.500. The van der Waals surface area contributed by atoms with Gasteiger partial charge in [-0.05, 0) is 13.5 Å². The molecule has 21 heavy (non-hydrogen) atoms. The third-order valence-electron chi connectivity index (χ3n) is 3.84. The molecule has 6 nitrogen and oxygen atoms in total. The lowest BCUT2D eigenvalue weighted by Gasteiger charge is -2.38. The highest BCUT2D eigenvalue weighted by Gasteiger charge is 2.30. The van der Waals surface area contributed by atoms with Crippen molar-refractivity contribution in [3.8, 4) is 0 Å². The number of aryl methyl sites for hydroxylation is 1. The first-order valence-corrected chi connectivity index (χ1v) is 7.94. The molecule has 0 bridgehead atoms. The first kappa shape index (κ1) is 14.2. The van der Waals surface area contributed by atoms with Crippen molar-refractivity contribution in [3.63, 3.8) is 0 Å². The van der Waals surface area contributed by atoms with Crippen molar-refractivity contribution >= 4 is 17.2 Å². The summed E-state index contributed by atoms with van der Waals surface area (Å²) >= 11 is 1.49. The molecule has 1 N–H and O–H groups in total. The van der Waals surface area contributed by atoms with E-state index in [9.17, 15) is 4.79 Å². The highest BCUT2D eigenvalue weighted by Crippen LogP contribution is 2.23. The zero-order chi connectivity index (χ0) is 14.8. The number of aromatic nitrogens is 3. The van der Waals surface area contributed by atoms with Crippen LogP contribution < -0.4 is 0 Å². The standard InChI is InChI=1S/C14H19N5OS/c1-3-12-17-8-11(21-12)14(20)19-7-6-18(2)10(9-19)13-15-4-5-16-13/h4-5,8,10H,3,6-7,9H2,1-2H3,(H,15,16)/t10-/m1/s1. The number of hydrogen-bond acceptors (Lipinski definition) is 5. The number of thiazole rings is 1. The van der Waals surface area contributed by atoms with E-state index in [2.05, 4.69) is 33.8 Å². The van der Waals surface area contributed by atoms with E-state index >= 15 is 0 Å². The number of aromatic amines is 1. The summed E-state index contributed by atoms with van der Waals surface area (Å²) in [5.41, 5.74) is 0. The fourth-order valence-corrected chi connectivity index (χ4v) is 3.37. The highest BCUT2D eigenvalue weighted by molar-refractivity contribution is 7.13. The van der Waals surface area contributed by atoms with Gasteiger partial charge in [-0.25, -0.2) is 9.97 Å². The third-order valence-corrected chi connectivity index (χ3v) is 4.97. The summed E-state index contributed by atoms with van der Waals surface area (Å²) in [5, 5.41) is 1.01. The lowest BCUT2D eigenvalue weighted by atomic mass is 10.1. The first-order chi connectivity index (χ1) is 10.2. The topological polar surface area (TPSA) is 65.1 Å². The number of likely N-dealkylation sites (N-methyl/N-ethyl adjacent to an activating group) is 1. The predicted molar refractivity (Wildman–Crippen MR) is 81.4 cm³/mol. The Hall–Kier alpha value is -1.73. The second kappa shape index (κ2) is 5.95. The molecule has 1 aliphatic rings. The molecule has 0 aromatic carbocycles. The molecule has 1 amide bonds. The molecular weight excluding hydrogens is 286 g/mol. The van der Waals surface area contributed by atoms with Gasteiger partial charge in [-0.1, -0.05) is 6.92 Å². The Morgan fingerprint density at radius 2 is 2.33 bits per heavy atom. The van der Waals surface area contributed by atoms with Gasteiger partial charge in [-0.15, -0.1) is 11.3 Å². The summed E-state index contributed by atoms with van der Waals surface area (Å²) < 4.78 is 0. The highest BCUT2D eigenvalue weighted by atomic mass is 32.1. The van der Waals surface area contributed by atoms with Crippen LogP contribution in [0.3, 0.4) is 0 Å². The van der Waals surface area contributed by atoms with E-state index in [0.29, 0.717) is 6.54 Å². The Morgan fingerprint density at radius 3 is 3.00 bits per heavy atom. The number of carbonyl (C=O) groups excluding carboxylic acids is 1. The predicted octanol–water partition coefficient (Wildman–Crippen LogP) is 1.56. The van der Waals surface area contributed by atoms with Crippen molar-refractivity contribution in [2.75, 3.05) is 26.7 Å². The van der Waals surface area contributed by atoms with Gasteiger partial charge in [-0.2, -0.15) is 0 Å². The van der Waals surface area contributed by atoms with Crippen LogP contribution in [0, 0.1) is 0 Å². The number of rotatable bonds is 3. The number of carbonyl (C=O) groups is 1. The van der Waals surface area contributed by atoms with Gasteiger partial charge in [0.25, 0.3) is 5.91 Å². The number of nitrogens with zero attached hydrogens (tertiary/aromatic N) is 4. The van der Waals surface area contributed by atoms with E-state index in [1.807, 2.05) is 11.1 Å². The molecule has 0 saturated carbocycles. The maximum Gasteiger partial charge on any atom is 0.265 e. The summed E-state index contributed by atoms with van der Waals surface area (Å²) in [7, 11) is 2.07. The zero-order valence-electron chi connectivity index (χ0n) is 12.2. The molecule has 3 heterocycles. The Balaban J connectivity index is 1.75. The molecule has 0 spiro atoms. The van der Waals surface area contributed by atoms with Gasteiger partial charge in [0.1, 0.15) is 10.7 Å². The monoisotopic (exact) mass is 305 g/mol. The summed E-state index contributed by atoms with van der Waals surface area (Å²) in [5.74, 6) is 0.991. The summed E-state index contributed by atoms with van der Waals surface area (Å²) in [6.45, 7) is 4.29. The minimum atomic E-state index is 0.0804. The molecule has 7 heteroatoms. The quantitative estimate of drug-likeness (QED) is 0.934. The molecular formula is C14H19N5OS. The van der Waals surface area contributed by atoms with Crippen LogP contribution in [0.1, 0.15) is 33.5 Å². The van der Waals surface area contributed by atoms with Crippen LogP contribution in [0.25, 0.3) is 0 Å². The normalized spacial score (nSPS) is 19.9. The maximum atomic E-state index is 12.6. The smallest absolute Gasteiger partial charge is 0.265 e. The van der Waals surface area contributed by atoms with Crippen LogP contribution in [0.5, 0.6) is 0 Å². The molecule has 0 unspecified atom stereocenters. The molecule has 1 fully saturated rings. The van der Waals surface area contributed by atoms with Gasteiger partial charge in [0, 0.05) is 32.0 Å². The van der Waals surface area contributed by atoms with Crippen LogP contribution in [0.4, 0.5) is 0 Å². The van der Waals surface area contributed by atoms with Crippen molar-refractivity contribution in [2.45, 2.75) is 19.4 Å². The van der Waals surface area contributed by atoms with Gasteiger partial charge in [0.15, 0.2) is 0 Å². The number of nitrogens with one attached hydrogen (secondary N) is 1. The third kappa shape index (κ3) is 2.84. The van der Waals surface area contributed by atoms with Crippen LogP contribution in [0.2, 0.25) is 0 Å². The number of hydrogen-bond donors (Lipinski definition) is 1. The minimum absolute atomic E-state index is 0.0804. The number of imidazole rings is 1. The first-order valence-electron chi connectivity index (χ1n) is 7.12. The van der Waals surface area contributed by atoms with E-state index in [1.54, 1.807) is 12.4 Å². The second-order valence-corrected chi connectivity index (χ2v) is 6.31. The summed E-state index contributed by atoms with van der Waals surface area (Å²) in [6, 6.07) is 0.122. The van der Waals surface area contributed by atoms with Crippen molar-refractivity contribution in [1.82, 2.24) is 24.8 Å². The number of H-pyrrole nitrogens is 1. The summed E-state index contributed by atoms with van der Waals surface area (Å²) in [4.78, 5) is 29.2. The van der Waals surface area contributed by atoms with E-state index < -0.39 is 0 Å². The molecule has 0 radical (unpaired) electrons. The van der Waals surface area contributed by atoms with Gasteiger partial charge in [0.2, 0.25) is 0 Å². The van der Waals surface area contributed by atoms with E-state index in [-0.39, 0.29) is 11.9 Å². The largest absolute Gasteiger partial charge is 0.347 e. The van der Waals surface area contributed by atoms with E-state index in [4.69, 9.17) is 0 Å². The SMILES string of the molecule is CCc1ncc(C(=O)N2CCN(C)[C@@H](c3ncc[nH]3)C2)s1. The van der Waals surface area contributed by atoms with Crippen LogP contribution in [-0.2, 0) is 6.42 Å². The number of piperazine rings is 1.